The molecule has 0 amide bonds. The van der Waals surface area contributed by atoms with Crippen molar-refractivity contribution in [3.63, 3.8) is 0 Å². The van der Waals surface area contributed by atoms with E-state index in [0.29, 0.717) is 12.5 Å². The number of fused-ring (bicyclic) bond motifs is 1. The van der Waals surface area contributed by atoms with Gasteiger partial charge in [0.2, 0.25) is 5.03 Å². The van der Waals surface area contributed by atoms with E-state index in [1.807, 2.05) is 0 Å². The molecule has 1 aliphatic carbocycles. The average molecular weight is 318 g/mol. The van der Waals surface area contributed by atoms with E-state index in [2.05, 4.69) is 4.98 Å². The van der Waals surface area contributed by atoms with Crippen molar-refractivity contribution < 1.29 is 8.42 Å². The molecule has 0 unspecified atom stereocenters. The maximum absolute atomic E-state index is 12.8. The zero-order chi connectivity index (χ0) is 14.3. The van der Waals surface area contributed by atoms with Crippen molar-refractivity contribution in [2.24, 2.45) is 13.0 Å². The van der Waals surface area contributed by atoms with Crippen molar-refractivity contribution in [1.82, 2.24) is 13.9 Å². The summed E-state index contributed by atoms with van der Waals surface area (Å²) in [6.45, 7) is 0.594. The second kappa shape index (κ2) is 5.31. The smallest absolute Gasteiger partial charge is 0.263 e. The van der Waals surface area contributed by atoms with E-state index in [-0.39, 0.29) is 16.2 Å². The molecule has 0 N–H and O–H groups in total. The predicted molar refractivity (Wildman–Crippen MR) is 77.1 cm³/mol. The van der Waals surface area contributed by atoms with Crippen LogP contribution in [0.4, 0.5) is 0 Å². The van der Waals surface area contributed by atoms with E-state index >= 15 is 0 Å². The van der Waals surface area contributed by atoms with Crippen LogP contribution in [0.15, 0.2) is 11.4 Å². The summed E-state index contributed by atoms with van der Waals surface area (Å²) < 4.78 is 28.9. The molecule has 2 atom stereocenters. The molecule has 20 heavy (non-hydrogen) atoms. The second-order valence-corrected chi connectivity index (χ2v) is 7.99. The first-order valence-electron chi connectivity index (χ1n) is 7.20. The minimum atomic E-state index is -3.57. The third-order valence-electron chi connectivity index (χ3n) is 4.58. The van der Waals surface area contributed by atoms with Gasteiger partial charge in [0.15, 0.2) is 0 Å². The molecule has 2 heterocycles. The van der Waals surface area contributed by atoms with Gasteiger partial charge in [-0.05, 0) is 31.6 Å². The van der Waals surface area contributed by atoms with E-state index in [9.17, 15) is 8.42 Å². The van der Waals surface area contributed by atoms with Crippen LogP contribution in [0.5, 0.6) is 0 Å². The van der Waals surface area contributed by atoms with Gasteiger partial charge in [-0.2, -0.15) is 4.31 Å². The van der Waals surface area contributed by atoms with Gasteiger partial charge in [0.1, 0.15) is 5.15 Å². The standard InChI is InChI=1S/C13H20ClN3O2S/c1-16-9-15-13(12(16)14)20(18,19)17-8-4-6-10-5-2-3-7-11(10)17/h9-11H,2-8H2,1H3/t10-,11+/m0/s1. The third-order valence-corrected chi connectivity index (χ3v) is 7.00. The zero-order valence-corrected chi connectivity index (χ0v) is 13.2. The molecule has 2 fully saturated rings. The van der Waals surface area contributed by atoms with Gasteiger partial charge in [-0.15, -0.1) is 0 Å². The maximum Gasteiger partial charge on any atom is 0.263 e. The van der Waals surface area contributed by atoms with Crippen molar-refractivity contribution in [2.75, 3.05) is 6.54 Å². The summed E-state index contributed by atoms with van der Waals surface area (Å²) in [4.78, 5) is 4.00. The molecule has 7 heteroatoms. The van der Waals surface area contributed by atoms with Crippen LogP contribution in [0.2, 0.25) is 5.15 Å². The topological polar surface area (TPSA) is 55.2 Å². The van der Waals surface area contributed by atoms with E-state index in [0.717, 1.165) is 32.1 Å². The number of sulfonamides is 1. The van der Waals surface area contributed by atoms with Gasteiger partial charge in [-0.3, -0.25) is 0 Å². The van der Waals surface area contributed by atoms with Gasteiger partial charge in [-0.1, -0.05) is 24.4 Å². The lowest BCUT2D eigenvalue weighted by Crippen LogP contribution is -2.49. The van der Waals surface area contributed by atoms with E-state index in [1.165, 1.54) is 17.3 Å². The first kappa shape index (κ1) is 14.4. The average Bonchev–Trinajstić information content (AvgIpc) is 2.79. The fourth-order valence-corrected chi connectivity index (χ4v) is 5.70. The minimum absolute atomic E-state index is 0.00731. The summed E-state index contributed by atoms with van der Waals surface area (Å²) in [6, 6.07) is 0.139. The Labute approximate surface area is 125 Å². The van der Waals surface area contributed by atoms with Crippen molar-refractivity contribution in [3.05, 3.63) is 11.5 Å². The monoisotopic (exact) mass is 317 g/mol. The summed E-state index contributed by atoms with van der Waals surface area (Å²) in [5.74, 6) is 0.509. The Morgan fingerprint density at radius 1 is 1.25 bits per heavy atom. The van der Waals surface area contributed by atoms with E-state index in [1.54, 1.807) is 11.4 Å². The summed E-state index contributed by atoms with van der Waals surface area (Å²) in [6.07, 6.45) is 7.98. The zero-order valence-electron chi connectivity index (χ0n) is 11.6. The second-order valence-electron chi connectivity index (χ2n) is 5.82. The minimum Gasteiger partial charge on any atom is -0.324 e. The van der Waals surface area contributed by atoms with Gasteiger partial charge in [0.25, 0.3) is 10.0 Å². The quantitative estimate of drug-likeness (QED) is 0.841. The third kappa shape index (κ3) is 2.27. The number of halogens is 1. The van der Waals surface area contributed by atoms with Crippen LogP contribution in [-0.4, -0.2) is 34.9 Å². The van der Waals surface area contributed by atoms with Crippen LogP contribution in [-0.2, 0) is 17.1 Å². The molecule has 1 saturated heterocycles. The highest BCUT2D eigenvalue weighted by atomic mass is 35.5. The van der Waals surface area contributed by atoms with Crippen molar-refractivity contribution >= 4 is 21.6 Å². The van der Waals surface area contributed by atoms with E-state index < -0.39 is 10.0 Å². The summed E-state index contributed by atoms with van der Waals surface area (Å²) in [5, 5.41) is 0.204. The predicted octanol–water partition coefficient (Wildman–Crippen LogP) is 2.42. The van der Waals surface area contributed by atoms with Crippen LogP contribution >= 0.6 is 11.6 Å². The number of imidazole rings is 1. The molecule has 0 aromatic carbocycles. The van der Waals surface area contributed by atoms with Crippen molar-refractivity contribution in [3.8, 4) is 0 Å². The van der Waals surface area contributed by atoms with Crippen molar-refractivity contribution in [2.45, 2.75) is 49.6 Å². The highest BCUT2D eigenvalue weighted by molar-refractivity contribution is 7.89. The van der Waals surface area contributed by atoms with Gasteiger partial charge < -0.3 is 4.57 Å². The van der Waals surface area contributed by atoms with Crippen molar-refractivity contribution in [1.29, 1.82) is 0 Å². The first-order valence-corrected chi connectivity index (χ1v) is 9.02. The largest absolute Gasteiger partial charge is 0.324 e. The maximum atomic E-state index is 12.8. The van der Waals surface area contributed by atoms with Gasteiger partial charge in [0.05, 0.1) is 6.33 Å². The molecule has 0 radical (unpaired) electrons. The number of aromatic nitrogens is 2. The lowest BCUT2D eigenvalue weighted by Gasteiger charge is -2.42. The normalized spacial score (nSPS) is 28.3. The number of rotatable bonds is 2. The number of aryl methyl sites for hydroxylation is 1. The Balaban J connectivity index is 1.95. The number of hydrogen-bond acceptors (Lipinski definition) is 3. The van der Waals surface area contributed by atoms with Crippen LogP contribution < -0.4 is 0 Å². The highest BCUT2D eigenvalue weighted by Gasteiger charge is 2.41. The Morgan fingerprint density at radius 3 is 2.65 bits per heavy atom. The van der Waals surface area contributed by atoms with Crippen LogP contribution in [0, 0.1) is 5.92 Å². The molecule has 2 aliphatic rings. The first-order chi connectivity index (χ1) is 9.51. The molecule has 1 saturated carbocycles. The number of nitrogens with zero attached hydrogens (tertiary/aromatic N) is 3. The molecule has 0 spiro atoms. The molecule has 1 aromatic rings. The Morgan fingerprint density at radius 2 is 1.95 bits per heavy atom. The Kier molecular flexibility index (Phi) is 3.81. The lowest BCUT2D eigenvalue weighted by atomic mass is 9.79. The Bertz CT molecular complexity index is 597. The fraction of sp³-hybridized carbons (Fsp3) is 0.769. The van der Waals surface area contributed by atoms with Gasteiger partial charge in [0, 0.05) is 19.6 Å². The fourth-order valence-electron chi connectivity index (χ4n) is 3.56. The van der Waals surface area contributed by atoms with E-state index in [4.69, 9.17) is 11.6 Å². The number of hydrogen-bond donors (Lipinski definition) is 0. The summed E-state index contributed by atoms with van der Waals surface area (Å²) in [5.41, 5.74) is 0. The SMILES string of the molecule is Cn1cnc(S(=O)(=O)N2CCC[C@@H]3CCCC[C@H]32)c1Cl. The molecular weight excluding hydrogens is 298 g/mol. The summed E-state index contributed by atoms with van der Waals surface area (Å²) >= 11 is 6.08. The van der Waals surface area contributed by atoms with Crippen LogP contribution in [0.25, 0.3) is 0 Å². The molecule has 1 aromatic heterocycles. The highest BCUT2D eigenvalue weighted by Crippen LogP contribution is 2.38. The van der Waals surface area contributed by atoms with Gasteiger partial charge in [-0.25, -0.2) is 13.4 Å². The number of piperidine rings is 1. The molecule has 3 rings (SSSR count). The molecule has 0 bridgehead atoms. The van der Waals surface area contributed by atoms with Crippen LogP contribution in [0.1, 0.15) is 38.5 Å². The Hall–Kier alpha value is -0.590. The molecule has 112 valence electrons. The molecular formula is C13H20ClN3O2S. The molecule has 5 nitrogen and oxygen atoms in total. The van der Waals surface area contributed by atoms with Crippen LogP contribution in [0.3, 0.4) is 0 Å². The summed E-state index contributed by atoms with van der Waals surface area (Å²) in [7, 11) is -1.87. The lowest BCUT2D eigenvalue weighted by molar-refractivity contribution is 0.129. The van der Waals surface area contributed by atoms with Gasteiger partial charge >= 0.3 is 0 Å². The molecule has 1 aliphatic heterocycles.